The molecule has 15 heavy (non-hydrogen) atoms. The van der Waals surface area contributed by atoms with Gasteiger partial charge in [0.05, 0.1) is 12.6 Å². The molecule has 2 N–H and O–H groups in total. The van der Waals surface area contributed by atoms with Gasteiger partial charge in [0.15, 0.2) is 0 Å². The van der Waals surface area contributed by atoms with Gasteiger partial charge in [0.2, 0.25) is 0 Å². The highest BCUT2D eigenvalue weighted by Crippen LogP contribution is 2.01. The molecule has 4 nitrogen and oxygen atoms in total. The van der Waals surface area contributed by atoms with Gasteiger partial charge in [-0.25, -0.2) is 0 Å². The van der Waals surface area contributed by atoms with Crippen LogP contribution in [0, 0.1) is 6.92 Å². The van der Waals surface area contributed by atoms with Crippen LogP contribution in [0.5, 0.6) is 0 Å². The molecule has 0 aliphatic carbocycles. The van der Waals surface area contributed by atoms with E-state index in [2.05, 4.69) is 10.3 Å². The van der Waals surface area contributed by atoms with E-state index in [4.69, 9.17) is 5.11 Å². The third-order valence-electron chi connectivity index (χ3n) is 2.21. The minimum Gasteiger partial charge on any atom is -0.394 e. The van der Waals surface area contributed by atoms with E-state index in [-0.39, 0.29) is 18.6 Å². The molecular formula is C11H16N2O2. The summed E-state index contributed by atoms with van der Waals surface area (Å²) in [6.45, 7) is 3.71. The largest absolute Gasteiger partial charge is 0.394 e. The molecule has 0 aliphatic rings. The fourth-order valence-electron chi connectivity index (χ4n) is 1.23. The highest BCUT2D eigenvalue weighted by atomic mass is 16.3. The maximum Gasteiger partial charge on any atom is 0.251 e. The summed E-state index contributed by atoms with van der Waals surface area (Å²) in [5, 5.41) is 11.7. The molecule has 0 aliphatic heterocycles. The van der Waals surface area contributed by atoms with Crippen molar-refractivity contribution in [3.05, 3.63) is 29.6 Å². The van der Waals surface area contributed by atoms with Gasteiger partial charge < -0.3 is 10.4 Å². The zero-order chi connectivity index (χ0) is 11.3. The van der Waals surface area contributed by atoms with Crippen molar-refractivity contribution >= 4 is 5.91 Å². The molecule has 1 rings (SSSR count). The Morgan fingerprint density at radius 1 is 1.67 bits per heavy atom. The second-order valence-electron chi connectivity index (χ2n) is 3.45. The Balaban J connectivity index is 2.68. The van der Waals surface area contributed by atoms with E-state index in [1.165, 1.54) is 0 Å². The van der Waals surface area contributed by atoms with Crippen LogP contribution in [0.15, 0.2) is 18.3 Å². The lowest BCUT2D eigenvalue weighted by Crippen LogP contribution is -2.36. The van der Waals surface area contributed by atoms with Crippen LogP contribution in [0.1, 0.15) is 29.4 Å². The Labute approximate surface area is 89.3 Å². The quantitative estimate of drug-likeness (QED) is 0.772. The smallest absolute Gasteiger partial charge is 0.251 e. The number of hydrogen-bond donors (Lipinski definition) is 2. The Hall–Kier alpha value is -1.42. The van der Waals surface area contributed by atoms with Crippen molar-refractivity contribution in [1.29, 1.82) is 0 Å². The molecule has 0 saturated carbocycles. The standard InChI is InChI=1S/C11H16N2O2/c1-3-10(7-14)13-11(15)9-4-5-12-8(2)6-9/h4-6,10,14H,3,7H2,1-2H3,(H,13,15). The van der Waals surface area contributed by atoms with E-state index in [0.717, 1.165) is 5.69 Å². The number of nitrogens with one attached hydrogen (secondary N) is 1. The summed E-state index contributed by atoms with van der Waals surface area (Å²) in [6.07, 6.45) is 2.32. The number of aliphatic hydroxyl groups excluding tert-OH is 1. The number of aliphatic hydroxyl groups is 1. The monoisotopic (exact) mass is 208 g/mol. The van der Waals surface area contributed by atoms with Gasteiger partial charge in [-0.2, -0.15) is 0 Å². The minimum absolute atomic E-state index is 0.0354. The molecule has 0 saturated heterocycles. The average molecular weight is 208 g/mol. The van der Waals surface area contributed by atoms with Gasteiger partial charge in [-0.15, -0.1) is 0 Å². The summed E-state index contributed by atoms with van der Waals surface area (Å²) in [5.74, 6) is -0.165. The van der Waals surface area contributed by atoms with Crippen LogP contribution < -0.4 is 5.32 Å². The SMILES string of the molecule is CCC(CO)NC(=O)c1ccnc(C)c1. The van der Waals surface area contributed by atoms with Crippen LogP contribution in [-0.2, 0) is 0 Å². The number of amides is 1. The lowest BCUT2D eigenvalue weighted by Gasteiger charge is -2.13. The Bertz CT molecular complexity index is 335. The van der Waals surface area contributed by atoms with E-state index in [0.29, 0.717) is 12.0 Å². The van der Waals surface area contributed by atoms with E-state index in [1.54, 1.807) is 18.3 Å². The first-order valence-corrected chi connectivity index (χ1v) is 5.01. The average Bonchev–Trinajstić information content (AvgIpc) is 2.25. The molecule has 1 atom stereocenters. The maximum absolute atomic E-state index is 11.7. The normalized spacial score (nSPS) is 12.2. The van der Waals surface area contributed by atoms with Gasteiger partial charge in [-0.05, 0) is 25.5 Å². The van der Waals surface area contributed by atoms with E-state index >= 15 is 0 Å². The van der Waals surface area contributed by atoms with Gasteiger partial charge >= 0.3 is 0 Å². The molecule has 1 heterocycles. The Kier molecular flexibility index (Phi) is 4.24. The lowest BCUT2D eigenvalue weighted by atomic mass is 10.2. The van der Waals surface area contributed by atoms with Gasteiger partial charge in [0.1, 0.15) is 0 Å². The molecule has 0 fully saturated rings. The van der Waals surface area contributed by atoms with Crippen LogP contribution in [0.2, 0.25) is 0 Å². The number of pyridine rings is 1. The van der Waals surface area contributed by atoms with Gasteiger partial charge in [0.25, 0.3) is 5.91 Å². The van der Waals surface area contributed by atoms with Crippen LogP contribution >= 0.6 is 0 Å². The maximum atomic E-state index is 11.7. The highest BCUT2D eigenvalue weighted by molar-refractivity contribution is 5.94. The molecule has 0 spiro atoms. The number of nitrogens with zero attached hydrogens (tertiary/aromatic N) is 1. The van der Waals surface area contributed by atoms with Gasteiger partial charge in [-0.1, -0.05) is 6.92 Å². The molecule has 1 amide bonds. The third-order valence-corrected chi connectivity index (χ3v) is 2.21. The van der Waals surface area contributed by atoms with Crippen LogP contribution in [0.4, 0.5) is 0 Å². The van der Waals surface area contributed by atoms with Crippen molar-refractivity contribution < 1.29 is 9.90 Å². The second-order valence-corrected chi connectivity index (χ2v) is 3.45. The number of rotatable bonds is 4. The fraction of sp³-hybridized carbons (Fsp3) is 0.455. The highest BCUT2D eigenvalue weighted by Gasteiger charge is 2.10. The Morgan fingerprint density at radius 2 is 2.40 bits per heavy atom. The lowest BCUT2D eigenvalue weighted by molar-refractivity contribution is 0.0914. The molecule has 4 heteroatoms. The summed E-state index contributed by atoms with van der Waals surface area (Å²) in [7, 11) is 0. The van der Waals surface area contributed by atoms with Gasteiger partial charge in [-0.3, -0.25) is 9.78 Å². The van der Waals surface area contributed by atoms with Crippen LogP contribution in [0.3, 0.4) is 0 Å². The van der Waals surface area contributed by atoms with E-state index in [1.807, 2.05) is 13.8 Å². The molecular weight excluding hydrogens is 192 g/mol. The second kappa shape index (κ2) is 5.46. The predicted molar refractivity (Wildman–Crippen MR) is 57.6 cm³/mol. The Morgan fingerprint density at radius 3 is 2.93 bits per heavy atom. The first-order chi connectivity index (χ1) is 7.17. The third kappa shape index (κ3) is 3.32. The van der Waals surface area contributed by atoms with Crippen molar-refractivity contribution in [2.24, 2.45) is 0 Å². The molecule has 82 valence electrons. The van der Waals surface area contributed by atoms with Crippen LogP contribution in [0.25, 0.3) is 0 Å². The molecule has 0 aromatic carbocycles. The first kappa shape index (κ1) is 11.7. The summed E-state index contributed by atoms with van der Waals surface area (Å²) in [4.78, 5) is 15.7. The van der Waals surface area contributed by atoms with E-state index in [9.17, 15) is 4.79 Å². The van der Waals surface area contributed by atoms with Crippen LogP contribution in [-0.4, -0.2) is 28.6 Å². The topological polar surface area (TPSA) is 62.2 Å². The number of aromatic nitrogens is 1. The number of carbonyl (C=O) groups excluding carboxylic acids is 1. The van der Waals surface area contributed by atoms with Crippen molar-refractivity contribution in [1.82, 2.24) is 10.3 Å². The van der Waals surface area contributed by atoms with Gasteiger partial charge in [0, 0.05) is 17.5 Å². The summed E-state index contributed by atoms with van der Waals surface area (Å²) in [6, 6.07) is 3.21. The summed E-state index contributed by atoms with van der Waals surface area (Å²) < 4.78 is 0. The predicted octanol–water partition coefficient (Wildman–Crippen LogP) is 0.891. The van der Waals surface area contributed by atoms with Crippen molar-refractivity contribution in [2.75, 3.05) is 6.61 Å². The molecule has 1 aromatic heterocycles. The van der Waals surface area contributed by atoms with Crippen molar-refractivity contribution in [3.8, 4) is 0 Å². The zero-order valence-corrected chi connectivity index (χ0v) is 9.03. The molecule has 1 aromatic rings. The zero-order valence-electron chi connectivity index (χ0n) is 9.03. The summed E-state index contributed by atoms with van der Waals surface area (Å²) >= 11 is 0. The number of hydrogen-bond acceptors (Lipinski definition) is 3. The number of carbonyl (C=O) groups is 1. The van der Waals surface area contributed by atoms with E-state index < -0.39 is 0 Å². The molecule has 0 radical (unpaired) electrons. The first-order valence-electron chi connectivity index (χ1n) is 5.01. The summed E-state index contributed by atoms with van der Waals surface area (Å²) in [5.41, 5.74) is 1.38. The molecule has 1 unspecified atom stereocenters. The number of aryl methyl sites for hydroxylation is 1. The van der Waals surface area contributed by atoms with Crippen molar-refractivity contribution in [3.63, 3.8) is 0 Å². The minimum atomic E-state index is -0.175. The fourth-order valence-corrected chi connectivity index (χ4v) is 1.23. The van der Waals surface area contributed by atoms with Crippen molar-refractivity contribution in [2.45, 2.75) is 26.3 Å². The molecule has 0 bridgehead atoms.